The Labute approximate surface area is 269 Å². The van der Waals surface area contributed by atoms with Gasteiger partial charge in [-0.3, -0.25) is 4.99 Å². The maximum atomic E-state index is 12.6. The minimum atomic E-state index is -0.471. The Kier molecular flexibility index (Phi) is 17.5. The van der Waals surface area contributed by atoms with E-state index < -0.39 is 5.60 Å². The molecular weight excluding hydrogens is 544 g/mol. The number of carbonyl (C=O) groups excluding carboxylic acids is 1. The van der Waals surface area contributed by atoms with Gasteiger partial charge in [0.1, 0.15) is 5.60 Å². The average molecular weight is 605 g/mol. The highest BCUT2D eigenvalue weighted by Crippen LogP contribution is 2.41. The Bertz CT molecular complexity index is 1180. The molecule has 1 aliphatic heterocycles. The second-order valence-electron chi connectivity index (χ2n) is 12.8. The van der Waals surface area contributed by atoms with Gasteiger partial charge in [-0.2, -0.15) is 5.26 Å². The Morgan fingerprint density at radius 3 is 2.23 bits per heavy atom. The van der Waals surface area contributed by atoms with E-state index >= 15 is 0 Å². The average Bonchev–Trinajstić information content (AvgIpc) is 3.80. The number of allylic oxidation sites excluding steroid dienone is 11. The summed E-state index contributed by atoms with van der Waals surface area (Å²) in [5.41, 5.74) is 6.56. The largest absolute Gasteiger partial charge is 0.444 e. The van der Waals surface area contributed by atoms with Crippen LogP contribution in [0.25, 0.3) is 0 Å². The molecule has 1 unspecified atom stereocenters. The van der Waals surface area contributed by atoms with Crippen molar-refractivity contribution in [3.05, 3.63) is 70.6 Å². The lowest BCUT2D eigenvalue weighted by Crippen LogP contribution is -2.54. The molecule has 2 fully saturated rings. The molecule has 0 aromatic heterocycles. The molecule has 1 aliphatic carbocycles. The van der Waals surface area contributed by atoms with Gasteiger partial charge in [0.25, 0.3) is 0 Å². The van der Waals surface area contributed by atoms with Gasteiger partial charge in [0.15, 0.2) is 0 Å². The van der Waals surface area contributed by atoms with Gasteiger partial charge in [0.05, 0.1) is 11.6 Å². The first-order valence-corrected chi connectivity index (χ1v) is 16.6. The van der Waals surface area contributed by atoms with Crippen LogP contribution in [0.15, 0.2) is 75.6 Å². The van der Waals surface area contributed by atoms with Crippen molar-refractivity contribution >= 4 is 11.8 Å². The molecule has 44 heavy (non-hydrogen) atoms. The fraction of sp³-hybridized carbons (Fsp3) is 0.605. The molecular formula is C38H60N4O2. The fourth-order valence-electron chi connectivity index (χ4n) is 5.16. The lowest BCUT2D eigenvalue weighted by molar-refractivity contribution is 0.00494. The normalized spacial score (nSPS) is 19.5. The zero-order valence-electron chi connectivity index (χ0n) is 29.7. The number of piperazine rings is 1. The third kappa shape index (κ3) is 14.0. The summed E-state index contributed by atoms with van der Waals surface area (Å²) in [6.07, 6.45) is 20.6. The van der Waals surface area contributed by atoms with Crippen molar-refractivity contribution in [2.75, 3.05) is 19.6 Å². The molecule has 0 spiro atoms. The molecule has 1 heterocycles. The highest BCUT2D eigenvalue weighted by Gasteiger charge is 2.34. The number of nitrogens with zero attached hydrogens (tertiary/aromatic N) is 4. The van der Waals surface area contributed by atoms with Crippen LogP contribution in [-0.2, 0) is 4.74 Å². The van der Waals surface area contributed by atoms with Crippen molar-refractivity contribution in [3.63, 3.8) is 0 Å². The van der Waals surface area contributed by atoms with Crippen LogP contribution in [0.3, 0.4) is 0 Å². The molecule has 0 bridgehead atoms. The minimum Gasteiger partial charge on any atom is -0.444 e. The van der Waals surface area contributed by atoms with Crippen molar-refractivity contribution in [2.24, 2.45) is 10.9 Å². The third-order valence-corrected chi connectivity index (χ3v) is 7.50. The minimum absolute atomic E-state index is 0.0945. The highest BCUT2D eigenvalue weighted by atomic mass is 16.6. The van der Waals surface area contributed by atoms with E-state index in [0.29, 0.717) is 12.5 Å². The molecule has 0 N–H and O–H groups in total. The van der Waals surface area contributed by atoms with Crippen molar-refractivity contribution in [2.45, 2.75) is 126 Å². The lowest BCUT2D eigenvalue weighted by Gasteiger charge is -2.42. The maximum absolute atomic E-state index is 12.6. The molecule has 1 amide bonds. The summed E-state index contributed by atoms with van der Waals surface area (Å²) in [7, 11) is 0. The lowest BCUT2D eigenvalue weighted by atomic mass is 9.94. The van der Waals surface area contributed by atoms with Crippen LogP contribution < -0.4 is 0 Å². The second-order valence-corrected chi connectivity index (χ2v) is 12.8. The molecule has 244 valence electrons. The van der Waals surface area contributed by atoms with E-state index in [-0.39, 0.29) is 12.1 Å². The Morgan fingerprint density at radius 2 is 1.73 bits per heavy atom. The first-order valence-electron chi connectivity index (χ1n) is 16.6. The zero-order valence-corrected chi connectivity index (χ0v) is 29.7. The number of nitriles is 1. The molecule has 1 saturated carbocycles. The smallest absolute Gasteiger partial charge is 0.410 e. The molecule has 0 aromatic rings. The van der Waals surface area contributed by atoms with Crippen molar-refractivity contribution in [1.29, 1.82) is 5.26 Å². The van der Waals surface area contributed by atoms with Gasteiger partial charge >= 0.3 is 6.09 Å². The summed E-state index contributed by atoms with van der Waals surface area (Å²) in [6, 6.07) is 2.28. The standard InChI is InChI=1S/C25H41N3O2.C13H19N/c1-9-11-14-26-19(4)23(22(10-2)21-12-13-21)20(5)27-15-16-28(18(3)17-27)24(29)30-25(6,7)8;1-4-6-7-9-13(11-14)10-12(3)8-5-2/h10-11,14,18,21H,9,12-13,15-17H2,1-8H3;6-7,9-10H,4-5,8H2,1-3H3/b14-11+,22-10-,23-20-,26-19+;7-6+,12-10+,13-9+. The predicted molar refractivity (Wildman–Crippen MR) is 187 cm³/mol. The Hall–Kier alpha value is -3.33. The molecule has 0 aromatic carbocycles. The summed E-state index contributed by atoms with van der Waals surface area (Å²) >= 11 is 0. The third-order valence-electron chi connectivity index (χ3n) is 7.50. The molecule has 1 saturated heterocycles. The zero-order chi connectivity index (χ0) is 33.3. The molecule has 2 aliphatic rings. The number of ether oxygens (including phenoxy) is 1. The summed E-state index contributed by atoms with van der Waals surface area (Å²) in [5.74, 6) is 0.653. The summed E-state index contributed by atoms with van der Waals surface area (Å²) in [5, 5.41) is 8.85. The topological polar surface area (TPSA) is 68.9 Å². The molecule has 2 rings (SSSR count). The summed E-state index contributed by atoms with van der Waals surface area (Å²) < 4.78 is 5.60. The van der Waals surface area contributed by atoms with Gasteiger partial charge in [-0.25, -0.2) is 4.79 Å². The van der Waals surface area contributed by atoms with Gasteiger partial charge in [-0.05, 0) is 111 Å². The fourth-order valence-corrected chi connectivity index (χ4v) is 5.16. The van der Waals surface area contributed by atoms with Crippen LogP contribution in [-0.4, -0.2) is 52.9 Å². The van der Waals surface area contributed by atoms with Crippen LogP contribution in [0.1, 0.15) is 115 Å². The van der Waals surface area contributed by atoms with E-state index in [0.717, 1.165) is 50.1 Å². The SMILES string of the molecule is CC/C=C/C=C(C#N)\C=C(/C)CCC.C\C=C(C(/C(C)=N/C=C/CC)=C(/C)N1CCN(C(=O)OC(C)(C)C)C(C)C1)\C1CC1. The first kappa shape index (κ1) is 38.7. The van der Waals surface area contributed by atoms with Gasteiger partial charge in [-0.15, -0.1) is 0 Å². The molecule has 6 heteroatoms. The van der Waals surface area contributed by atoms with Crippen molar-refractivity contribution in [3.8, 4) is 6.07 Å². The monoisotopic (exact) mass is 604 g/mol. The Balaban J connectivity index is 0.000000582. The van der Waals surface area contributed by atoms with Gasteiger partial charge in [-0.1, -0.05) is 57.1 Å². The number of aliphatic imine (C=N–C) groups is 1. The van der Waals surface area contributed by atoms with E-state index in [1.54, 1.807) is 0 Å². The first-order chi connectivity index (χ1) is 20.8. The van der Waals surface area contributed by atoms with Crippen LogP contribution >= 0.6 is 0 Å². The van der Waals surface area contributed by atoms with E-state index in [1.165, 1.54) is 35.3 Å². The van der Waals surface area contributed by atoms with E-state index in [1.807, 2.05) is 56.2 Å². The van der Waals surface area contributed by atoms with Crippen LogP contribution in [0.5, 0.6) is 0 Å². The van der Waals surface area contributed by atoms with Crippen molar-refractivity contribution < 1.29 is 9.53 Å². The number of carbonyl (C=O) groups is 1. The second kappa shape index (κ2) is 19.8. The van der Waals surface area contributed by atoms with Gasteiger partial charge in [0.2, 0.25) is 0 Å². The van der Waals surface area contributed by atoms with Crippen LogP contribution in [0.4, 0.5) is 4.79 Å². The predicted octanol–water partition coefficient (Wildman–Crippen LogP) is 10.1. The number of hydrogen-bond acceptors (Lipinski definition) is 5. The van der Waals surface area contributed by atoms with Crippen LogP contribution in [0.2, 0.25) is 0 Å². The summed E-state index contributed by atoms with van der Waals surface area (Å²) in [6.45, 7) is 25.0. The maximum Gasteiger partial charge on any atom is 0.410 e. The Morgan fingerprint density at radius 1 is 1.07 bits per heavy atom. The van der Waals surface area contributed by atoms with E-state index in [9.17, 15) is 4.79 Å². The van der Waals surface area contributed by atoms with Crippen molar-refractivity contribution in [1.82, 2.24) is 9.80 Å². The number of amides is 1. The molecule has 0 radical (unpaired) electrons. The van der Waals surface area contributed by atoms with E-state index in [2.05, 4.69) is 78.5 Å². The van der Waals surface area contributed by atoms with Gasteiger partial charge in [0, 0.05) is 48.9 Å². The van der Waals surface area contributed by atoms with E-state index in [4.69, 9.17) is 15.0 Å². The number of hydrogen-bond donors (Lipinski definition) is 0. The van der Waals surface area contributed by atoms with Crippen LogP contribution in [0, 0.1) is 17.2 Å². The number of rotatable bonds is 11. The highest BCUT2D eigenvalue weighted by molar-refractivity contribution is 6.03. The quantitative estimate of drug-likeness (QED) is 0.134. The molecule has 1 atom stereocenters. The van der Waals surface area contributed by atoms with Gasteiger partial charge < -0.3 is 14.5 Å². The molecule has 6 nitrogen and oxygen atoms in total. The summed E-state index contributed by atoms with van der Waals surface area (Å²) in [4.78, 5) is 21.6.